The molecule has 0 saturated carbocycles. The summed E-state index contributed by atoms with van der Waals surface area (Å²) in [6, 6.07) is 2.93. The Hall–Kier alpha value is -2.28. The lowest BCUT2D eigenvalue weighted by molar-refractivity contribution is -0.121. The number of amides is 1. The molecular weight excluding hydrogens is 326 g/mol. The Morgan fingerprint density at radius 1 is 1.40 bits per heavy atom. The molecule has 0 spiro atoms. The van der Waals surface area contributed by atoms with Crippen molar-refractivity contribution < 1.29 is 13.6 Å². The largest absolute Gasteiger partial charge is 0.322 e. The molecule has 7 heteroatoms. The van der Waals surface area contributed by atoms with Crippen molar-refractivity contribution in [3.05, 3.63) is 47.8 Å². The highest BCUT2D eigenvalue weighted by Crippen LogP contribution is 2.23. The van der Waals surface area contributed by atoms with Crippen LogP contribution in [0.3, 0.4) is 0 Å². The van der Waals surface area contributed by atoms with E-state index in [4.69, 9.17) is 0 Å². The van der Waals surface area contributed by atoms with E-state index < -0.39 is 17.7 Å². The van der Waals surface area contributed by atoms with Crippen LogP contribution in [0.2, 0.25) is 0 Å². The number of nitrogens with zero attached hydrogens (tertiary/aromatic N) is 3. The normalized spacial score (nSPS) is 19.6. The molecule has 2 unspecified atom stereocenters. The van der Waals surface area contributed by atoms with E-state index in [2.05, 4.69) is 15.3 Å². The molecule has 5 nitrogen and oxygen atoms in total. The van der Waals surface area contributed by atoms with Crippen LogP contribution in [0.4, 0.5) is 14.5 Å². The van der Waals surface area contributed by atoms with Gasteiger partial charge in [0.15, 0.2) is 0 Å². The van der Waals surface area contributed by atoms with E-state index in [-0.39, 0.29) is 17.6 Å². The predicted octanol–water partition coefficient (Wildman–Crippen LogP) is 3.13. The lowest BCUT2D eigenvalue weighted by atomic mass is 10.0. The van der Waals surface area contributed by atoms with Crippen molar-refractivity contribution in [3.63, 3.8) is 0 Å². The summed E-state index contributed by atoms with van der Waals surface area (Å²) >= 11 is 0. The minimum Gasteiger partial charge on any atom is -0.322 e. The third kappa shape index (κ3) is 4.04. The molecule has 1 N–H and O–H groups in total. The molecular formula is C18H22F2N4O. The number of hydrogen-bond acceptors (Lipinski definition) is 3. The van der Waals surface area contributed by atoms with Gasteiger partial charge in [0.05, 0.1) is 24.0 Å². The summed E-state index contributed by atoms with van der Waals surface area (Å²) in [4.78, 5) is 14.5. The van der Waals surface area contributed by atoms with Gasteiger partial charge in [-0.3, -0.25) is 14.4 Å². The van der Waals surface area contributed by atoms with Crippen LogP contribution >= 0.6 is 0 Å². The van der Waals surface area contributed by atoms with Gasteiger partial charge in [0.25, 0.3) is 0 Å². The van der Waals surface area contributed by atoms with Crippen LogP contribution in [-0.4, -0.2) is 39.7 Å². The van der Waals surface area contributed by atoms with E-state index in [1.165, 1.54) is 6.07 Å². The van der Waals surface area contributed by atoms with E-state index in [1.807, 2.05) is 24.0 Å². The minimum atomic E-state index is -0.774. The Bertz CT molecular complexity index is 761. The summed E-state index contributed by atoms with van der Waals surface area (Å²) in [5.41, 5.74) is 1.10. The molecule has 1 amide bonds. The zero-order valence-electron chi connectivity index (χ0n) is 14.4. The topological polar surface area (TPSA) is 50.2 Å². The number of likely N-dealkylation sites (tertiary alicyclic amines) is 1. The summed E-state index contributed by atoms with van der Waals surface area (Å²) in [6.07, 6.45) is 5.81. The average molecular weight is 348 g/mol. The summed E-state index contributed by atoms with van der Waals surface area (Å²) in [7, 11) is 0. The molecule has 3 rings (SSSR count). The minimum absolute atomic E-state index is 0.00508. The van der Waals surface area contributed by atoms with Gasteiger partial charge < -0.3 is 5.32 Å². The maximum Gasteiger partial charge on any atom is 0.241 e. The molecule has 1 aromatic carbocycles. The van der Waals surface area contributed by atoms with Gasteiger partial charge in [-0.1, -0.05) is 0 Å². The van der Waals surface area contributed by atoms with Gasteiger partial charge in [-0.2, -0.15) is 5.10 Å². The highest BCUT2D eigenvalue weighted by molar-refractivity contribution is 5.94. The fraction of sp³-hybridized carbons (Fsp3) is 0.444. The standard InChI is InChI=1S/C18H22F2N4O/c1-12-9-21-24(10-12)15-4-3-7-23(11-15)13(2)18(25)22-17-6-5-14(19)8-16(17)20/h5-6,8-10,13,15H,3-4,7,11H2,1-2H3,(H,22,25). The Balaban J connectivity index is 1.65. The van der Waals surface area contributed by atoms with E-state index in [1.54, 1.807) is 6.92 Å². The molecule has 1 fully saturated rings. The SMILES string of the molecule is Cc1cnn(C2CCCN(C(C)C(=O)Nc3ccc(F)cc3F)C2)c1. The van der Waals surface area contributed by atoms with Crippen LogP contribution in [0, 0.1) is 18.6 Å². The Labute approximate surface area is 145 Å². The van der Waals surface area contributed by atoms with Gasteiger partial charge in [0.2, 0.25) is 5.91 Å². The van der Waals surface area contributed by atoms with Gasteiger partial charge in [-0.05, 0) is 50.9 Å². The number of halogens is 2. The van der Waals surface area contributed by atoms with Crippen LogP contribution in [0.5, 0.6) is 0 Å². The van der Waals surface area contributed by atoms with E-state index in [0.29, 0.717) is 6.54 Å². The van der Waals surface area contributed by atoms with Gasteiger partial charge in [0.1, 0.15) is 11.6 Å². The predicted molar refractivity (Wildman–Crippen MR) is 91.3 cm³/mol. The van der Waals surface area contributed by atoms with E-state index in [0.717, 1.165) is 37.1 Å². The van der Waals surface area contributed by atoms with Crippen molar-refractivity contribution in [2.75, 3.05) is 18.4 Å². The number of aryl methyl sites for hydroxylation is 1. The summed E-state index contributed by atoms with van der Waals surface area (Å²) < 4.78 is 28.6. The first kappa shape index (κ1) is 17.5. The fourth-order valence-electron chi connectivity index (χ4n) is 3.18. The van der Waals surface area contributed by atoms with Crippen molar-refractivity contribution in [1.82, 2.24) is 14.7 Å². The lowest BCUT2D eigenvalue weighted by Crippen LogP contribution is -2.47. The number of carbonyl (C=O) groups excluding carboxylic acids is 1. The van der Waals surface area contributed by atoms with Crippen molar-refractivity contribution in [2.24, 2.45) is 0 Å². The van der Waals surface area contributed by atoms with E-state index in [9.17, 15) is 13.6 Å². The molecule has 1 aliphatic heterocycles. The number of rotatable bonds is 4. The smallest absolute Gasteiger partial charge is 0.241 e. The Morgan fingerprint density at radius 2 is 2.20 bits per heavy atom. The molecule has 134 valence electrons. The molecule has 1 aliphatic rings. The number of hydrogen-bond donors (Lipinski definition) is 1. The van der Waals surface area contributed by atoms with Crippen LogP contribution in [0.15, 0.2) is 30.6 Å². The molecule has 0 radical (unpaired) electrons. The van der Waals surface area contributed by atoms with Crippen LogP contribution in [0.1, 0.15) is 31.4 Å². The molecule has 0 bridgehead atoms. The maximum atomic E-state index is 13.7. The molecule has 25 heavy (non-hydrogen) atoms. The second kappa shape index (κ2) is 7.31. The summed E-state index contributed by atoms with van der Waals surface area (Å²) in [6.45, 7) is 5.31. The van der Waals surface area contributed by atoms with Gasteiger partial charge in [-0.15, -0.1) is 0 Å². The Kier molecular flexibility index (Phi) is 5.13. The van der Waals surface area contributed by atoms with Crippen molar-refractivity contribution >= 4 is 11.6 Å². The number of nitrogens with one attached hydrogen (secondary N) is 1. The Morgan fingerprint density at radius 3 is 2.88 bits per heavy atom. The van der Waals surface area contributed by atoms with Crippen molar-refractivity contribution in [3.8, 4) is 0 Å². The van der Waals surface area contributed by atoms with Crippen LogP contribution in [0.25, 0.3) is 0 Å². The summed E-state index contributed by atoms with van der Waals surface area (Å²) in [5, 5.41) is 6.92. The average Bonchev–Trinajstić information content (AvgIpc) is 3.03. The van der Waals surface area contributed by atoms with Gasteiger partial charge >= 0.3 is 0 Å². The monoisotopic (exact) mass is 348 g/mol. The van der Waals surface area contributed by atoms with Crippen LogP contribution < -0.4 is 5.32 Å². The number of aromatic nitrogens is 2. The van der Waals surface area contributed by atoms with Crippen LogP contribution in [-0.2, 0) is 4.79 Å². The quantitative estimate of drug-likeness (QED) is 0.924. The zero-order valence-corrected chi connectivity index (χ0v) is 14.4. The molecule has 1 saturated heterocycles. The number of anilines is 1. The van der Waals surface area contributed by atoms with Crippen molar-refractivity contribution in [1.29, 1.82) is 0 Å². The second-order valence-electron chi connectivity index (χ2n) is 6.58. The summed E-state index contributed by atoms with van der Waals surface area (Å²) in [5.74, 6) is -1.75. The first-order valence-corrected chi connectivity index (χ1v) is 8.45. The fourth-order valence-corrected chi connectivity index (χ4v) is 3.18. The molecule has 2 aromatic rings. The van der Waals surface area contributed by atoms with Gasteiger partial charge in [-0.25, -0.2) is 8.78 Å². The highest BCUT2D eigenvalue weighted by atomic mass is 19.1. The molecule has 2 atom stereocenters. The second-order valence-corrected chi connectivity index (χ2v) is 6.58. The number of benzene rings is 1. The third-order valence-electron chi connectivity index (χ3n) is 4.65. The maximum absolute atomic E-state index is 13.7. The number of piperidine rings is 1. The zero-order chi connectivity index (χ0) is 18.0. The molecule has 1 aromatic heterocycles. The highest BCUT2D eigenvalue weighted by Gasteiger charge is 2.28. The van der Waals surface area contributed by atoms with E-state index >= 15 is 0 Å². The lowest BCUT2D eigenvalue weighted by Gasteiger charge is -2.36. The molecule has 2 heterocycles. The van der Waals surface area contributed by atoms with Crippen molar-refractivity contribution in [2.45, 2.75) is 38.8 Å². The molecule has 0 aliphatic carbocycles. The van der Waals surface area contributed by atoms with Gasteiger partial charge in [0, 0.05) is 18.8 Å². The first-order chi connectivity index (χ1) is 11.9. The first-order valence-electron chi connectivity index (χ1n) is 8.45. The third-order valence-corrected chi connectivity index (χ3v) is 4.65. The number of carbonyl (C=O) groups is 1.